The van der Waals surface area contributed by atoms with E-state index >= 15 is 0 Å². The SMILES string of the molecule is CC(=O)O[C@@H](C)c1noc(-c2ccc(Br)cc2)n1. The van der Waals surface area contributed by atoms with Crippen molar-refractivity contribution in [2.45, 2.75) is 20.0 Å². The van der Waals surface area contributed by atoms with Gasteiger partial charge in [-0.2, -0.15) is 4.98 Å². The predicted octanol–water partition coefficient (Wildman–Crippen LogP) is 3.12. The van der Waals surface area contributed by atoms with Gasteiger partial charge in [-0.3, -0.25) is 4.79 Å². The number of rotatable bonds is 3. The lowest BCUT2D eigenvalue weighted by Crippen LogP contribution is -2.06. The molecule has 1 heterocycles. The van der Waals surface area contributed by atoms with E-state index in [1.54, 1.807) is 6.92 Å². The van der Waals surface area contributed by atoms with Gasteiger partial charge in [0.25, 0.3) is 5.89 Å². The number of aromatic nitrogens is 2. The molecule has 0 fully saturated rings. The minimum atomic E-state index is -0.518. The second-order valence-electron chi connectivity index (χ2n) is 3.72. The summed E-state index contributed by atoms with van der Waals surface area (Å²) in [5, 5.41) is 3.79. The van der Waals surface area contributed by atoms with Gasteiger partial charge in [0.05, 0.1) is 0 Å². The predicted molar refractivity (Wildman–Crippen MR) is 67.6 cm³/mol. The smallest absolute Gasteiger partial charge is 0.303 e. The first-order chi connectivity index (χ1) is 8.56. The minimum Gasteiger partial charge on any atom is -0.454 e. The van der Waals surface area contributed by atoms with Gasteiger partial charge in [-0.1, -0.05) is 21.1 Å². The fourth-order valence-electron chi connectivity index (χ4n) is 1.41. The van der Waals surface area contributed by atoms with Gasteiger partial charge < -0.3 is 9.26 Å². The zero-order valence-electron chi connectivity index (χ0n) is 9.88. The molecular weight excluding hydrogens is 300 g/mol. The van der Waals surface area contributed by atoms with Crippen LogP contribution in [-0.2, 0) is 9.53 Å². The Morgan fingerprint density at radius 3 is 2.67 bits per heavy atom. The Labute approximate surface area is 112 Å². The number of halogens is 1. The number of benzene rings is 1. The van der Waals surface area contributed by atoms with Crippen LogP contribution in [0.25, 0.3) is 11.5 Å². The zero-order chi connectivity index (χ0) is 13.1. The highest BCUT2D eigenvalue weighted by Gasteiger charge is 2.16. The van der Waals surface area contributed by atoms with Crippen LogP contribution in [0.1, 0.15) is 25.8 Å². The molecule has 1 aromatic carbocycles. The first-order valence-electron chi connectivity index (χ1n) is 5.33. The summed E-state index contributed by atoms with van der Waals surface area (Å²) >= 11 is 3.35. The summed E-state index contributed by atoms with van der Waals surface area (Å²) in [5.41, 5.74) is 0.812. The van der Waals surface area contributed by atoms with Crippen molar-refractivity contribution >= 4 is 21.9 Å². The maximum Gasteiger partial charge on any atom is 0.303 e. The molecule has 2 aromatic rings. The van der Waals surface area contributed by atoms with E-state index in [1.807, 2.05) is 24.3 Å². The highest BCUT2D eigenvalue weighted by Crippen LogP contribution is 2.22. The molecule has 0 unspecified atom stereocenters. The van der Waals surface area contributed by atoms with Crippen molar-refractivity contribution in [3.63, 3.8) is 0 Å². The molecule has 1 aromatic heterocycles. The summed E-state index contributed by atoms with van der Waals surface area (Å²) in [5.74, 6) is 0.372. The van der Waals surface area contributed by atoms with Crippen LogP contribution < -0.4 is 0 Å². The van der Waals surface area contributed by atoms with Crippen molar-refractivity contribution in [3.05, 3.63) is 34.6 Å². The third kappa shape index (κ3) is 2.95. The average molecular weight is 311 g/mol. The lowest BCUT2D eigenvalue weighted by atomic mass is 10.2. The van der Waals surface area contributed by atoms with Crippen LogP contribution in [0.3, 0.4) is 0 Å². The number of nitrogens with zero attached hydrogens (tertiary/aromatic N) is 2. The quantitative estimate of drug-likeness (QED) is 0.815. The van der Waals surface area contributed by atoms with Crippen LogP contribution in [-0.4, -0.2) is 16.1 Å². The highest BCUT2D eigenvalue weighted by atomic mass is 79.9. The average Bonchev–Trinajstić information content (AvgIpc) is 2.78. The minimum absolute atomic E-state index is 0.350. The summed E-state index contributed by atoms with van der Waals surface area (Å²) < 4.78 is 11.1. The normalized spacial score (nSPS) is 12.2. The van der Waals surface area contributed by atoms with E-state index in [4.69, 9.17) is 9.26 Å². The molecule has 5 nitrogen and oxygen atoms in total. The van der Waals surface area contributed by atoms with Crippen molar-refractivity contribution in [2.75, 3.05) is 0 Å². The van der Waals surface area contributed by atoms with E-state index in [0.717, 1.165) is 10.0 Å². The zero-order valence-corrected chi connectivity index (χ0v) is 11.5. The molecule has 0 amide bonds. The lowest BCUT2D eigenvalue weighted by Gasteiger charge is -2.05. The summed E-state index contributed by atoms with van der Waals surface area (Å²) in [6.45, 7) is 3.03. The van der Waals surface area contributed by atoms with E-state index in [0.29, 0.717) is 11.7 Å². The molecule has 0 aliphatic rings. The van der Waals surface area contributed by atoms with Crippen LogP contribution in [0.15, 0.2) is 33.3 Å². The van der Waals surface area contributed by atoms with E-state index < -0.39 is 6.10 Å². The molecule has 0 N–H and O–H groups in total. The maximum absolute atomic E-state index is 10.8. The summed E-state index contributed by atoms with van der Waals surface area (Å²) in [7, 11) is 0. The standard InChI is InChI=1S/C12H11BrN2O3/c1-7(17-8(2)16)11-14-12(18-15-11)9-3-5-10(13)6-4-9/h3-7H,1-2H3/t7-/m0/s1. The Morgan fingerprint density at radius 1 is 1.39 bits per heavy atom. The Morgan fingerprint density at radius 2 is 2.06 bits per heavy atom. The van der Waals surface area contributed by atoms with Crippen LogP contribution in [0.4, 0.5) is 0 Å². The van der Waals surface area contributed by atoms with E-state index in [-0.39, 0.29) is 5.97 Å². The van der Waals surface area contributed by atoms with Gasteiger partial charge in [-0.25, -0.2) is 0 Å². The van der Waals surface area contributed by atoms with Gasteiger partial charge in [0.15, 0.2) is 6.10 Å². The third-order valence-electron chi connectivity index (χ3n) is 2.24. The number of hydrogen-bond acceptors (Lipinski definition) is 5. The second kappa shape index (κ2) is 5.30. The molecule has 2 rings (SSSR count). The molecule has 0 spiro atoms. The van der Waals surface area contributed by atoms with Crippen LogP contribution in [0.2, 0.25) is 0 Å². The largest absolute Gasteiger partial charge is 0.454 e. The molecule has 18 heavy (non-hydrogen) atoms. The van der Waals surface area contributed by atoms with Crippen molar-refractivity contribution in [2.24, 2.45) is 0 Å². The molecule has 0 bridgehead atoms. The van der Waals surface area contributed by atoms with E-state index in [1.165, 1.54) is 6.92 Å². The van der Waals surface area contributed by atoms with E-state index in [9.17, 15) is 4.79 Å². The Hall–Kier alpha value is -1.69. The topological polar surface area (TPSA) is 65.2 Å². The number of ether oxygens (including phenoxy) is 1. The molecule has 1 atom stereocenters. The molecular formula is C12H11BrN2O3. The van der Waals surface area contributed by atoms with Gasteiger partial charge in [-0.05, 0) is 31.2 Å². The van der Waals surface area contributed by atoms with Gasteiger partial charge in [-0.15, -0.1) is 0 Å². The Bertz CT molecular complexity index is 551. The molecule has 6 heteroatoms. The maximum atomic E-state index is 10.8. The molecule has 0 aliphatic heterocycles. The summed E-state index contributed by atoms with van der Waals surface area (Å²) in [4.78, 5) is 15.0. The van der Waals surface area contributed by atoms with Crippen LogP contribution in [0.5, 0.6) is 0 Å². The first-order valence-corrected chi connectivity index (χ1v) is 6.12. The third-order valence-corrected chi connectivity index (χ3v) is 2.77. The van der Waals surface area contributed by atoms with Gasteiger partial charge >= 0.3 is 5.97 Å². The van der Waals surface area contributed by atoms with E-state index in [2.05, 4.69) is 26.1 Å². The number of carbonyl (C=O) groups excluding carboxylic acids is 1. The highest BCUT2D eigenvalue weighted by molar-refractivity contribution is 9.10. The lowest BCUT2D eigenvalue weighted by molar-refractivity contribution is -0.146. The molecule has 0 saturated carbocycles. The van der Waals surface area contributed by atoms with Crippen molar-refractivity contribution in [1.82, 2.24) is 10.1 Å². The second-order valence-corrected chi connectivity index (χ2v) is 4.63. The van der Waals surface area contributed by atoms with Gasteiger partial charge in [0.1, 0.15) is 0 Å². The van der Waals surface area contributed by atoms with Crippen LogP contribution in [0, 0.1) is 0 Å². The molecule has 0 radical (unpaired) electrons. The fourth-order valence-corrected chi connectivity index (χ4v) is 1.68. The van der Waals surface area contributed by atoms with Crippen molar-refractivity contribution in [1.29, 1.82) is 0 Å². The Balaban J connectivity index is 2.19. The van der Waals surface area contributed by atoms with Crippen molar-refractivity contribution in [3.8, 4) is 11.5 Å². The molecule has 0 aliphatic carbocycles. The molecule has 94 valence electrons. The Kier molecular flexibility index (Phi) is 3.76. The monoisotopic (exact) mass is 310 g/mol. The first kappa shape index (κ1) is 12.8. The van der Waals surface area contributed by atoms with Gasteiger partial charge in [0.2, 0.25) is 5.82 Å². The molecule has 0 saturated heterocycles. The number of carbonyl (C=O) groups is 1. The van der Waals surface area contributed by atoms with Crippen LogP contribution >= 0.6 is 15.9 Å². The van der Waals surface area contributed by atoms with Crippen molar-refractivity contribution < 1.29 is 14.1 Å². The summed E-state index contributed by atoms with van der Waals surface area (Å²) in [6, 6.07) is 7.49. The number of esters is 1. The summed E-state index contributed by atoms with van der Waals surface area (Å²) in [6.07, 6.45) is -0.518. The van der Waals surface area contributed by atoms with Gasteiger partial charge in [0, 0.05) is 17.0 Å². The fraction of sp³-hybridized carbons (Fsp3) is 0.250. The number of hydrogen-bond donors (Lipinski definition) is 0.